The number of allylic oxidation sites excluding steroid dienone is 2. The number of anilines is 1. The van der Waals surface area contributed by atoms with Gasteiger partial charge in [-0.05, 0) is 36.9 Å². The van der Waals surface area contributed by atoms with Gasteiger partial charge < -0.3 is 5.32 Å². The molecule has 0 bridgehead atoms. The van der Waals surface area contributed by atoms with Crippen molar-refractivity contribution in [1.29, 1.82) is 0 Å². The van der Waals surface area contributed by atoms with Crippen LogP contribution in [0.25, 0.3) is 0 Å². The quantitative estimate of drug-likeness (QED) is 0.582. The van der Waals surface area contributed by atoms with Crippen molar-refractivity contribution in [1.82, 2.24) is 14.8 Å². The van der Waals surface area contributed by atoms with Gasteiger partial charge in [-0.15, -0.1) is 16.4 Å². The SMILES string of the molecule is CC(=O)C1=C(C)Nc2nc(SCc3ccccc3Cl)nn2C1c1cccs1. The summed E-state index contributed by atoms with van der Waals surface area (Å²) in [5, 5.41) is 11.3. The van der Waals surface area contributed by atoms with Crippen LogP contribution in [0.5, 0.6) is 0 Å². The number of carbonyl (C=O) groups excluding carboxylic acids is 1. The Kier molecular flexibility index (Phi) is 5.08. The Balaban J connectivity index is 1.67. The lowest BCUT2D eigenvalue weighted by molar-refractivity contribution is -0.114. The Morgan fingerprint density at radius 3 is 2.85 bits per heavy atom. The summed E-state index contributed by atoms with van der Waals surface area (Å²) in [6.07, 6.45) is 0. The molecule has 0 aliphatic carbocycles. The largest absolute Gasteiger partial charge is 0.328 e. The van der Waals surface area contributed by atoms with Gasteiger partial charge in [0.05, 0.1) is 0 Å². The number of benzene rings is 1. The lowest BCUT2D eigenvalue weighted by Crippen LogP contribution is -2.27. The first-order valence-corrected chi connectivity index (χ1v) is 10.6. The van der Waals surface area contributed by atoms with Crippen molar-refractivity contribution in [3.05, 3.63) is 68.5 Å². The number of nitrogens with zero attached hydrogens (tertiary/aromatic N) is 3. The minimum absolute atomic E-state index is 0.0322. The summed E-state index contributed by atoms with van der Waals surface area (Å²) in [5.74, 6) is 1.36. The highest BCUT2D eigenvalue weighted by Gasteiger charge is 2.33. The van der Waals surface area contributed by atoms with Crippen molar-refractivity contribution in [3.63, 3.8) is 0 Å². The van der Waals surface area contributed by atoms with E-state index >= 15 is 0 Å². The third-order valence-corrected chi connectivity index (χ3v) is 6.52. The molecule has 1 aliphatic rings. The monoisotopic (exact) mass is 416 g/mol. The van der Waals surface area contributed by atoms with Crippen molar-refractivity contribution in [3.8, 4) is 0 Å². The van der Waals surface area contributed by atoms with E-state index in [2.05, 4.69) is 15.4 Å². The van der Waals surface area contributed by atoms with Crippen molar-refractivity contribution in [2.24, 2.45) is 0 Å². The highest BCUT2D eigenvalue weighted by atomic mass is 35.5. The number of fused-ring (bicyclic) bond motifs is 1. The number of nitrogens with one attached hydrogen (secondary N) is 1. The topological polar surface area (TPSA) is 59.8 Å². The Bertz CT molecular complexity index is 1030. The molecule has 2 aromatic heterocycles. The first-order valence-electron chi connectivity index (χ1n) is 8.39. The van der Waals surface area contributed by atoms with Crippen LogP contribution >= 0.6 is 34.7 Å². The fourth-order valence-electron chi connectivity index (χ4n) is 3.12. The third-order valence-electron chi connectivity index (χ3n) is 4.34. The average Bonchev–Trinajstić information content (AvgIpc) is 3.29. The maximum absolute atomic E-state index is 12.3. The number of Topliss-reactive ketones (excluding diaryl/α,β-unsaturated/α-hetero) is 1. The number of ketones is 1. The zero-order valence-corrected chi connectivity index (χ0v) is 17.2. The third kappa shape index (κ3) is 3.54. The number of hydrogen-bond donors (Lipinski definition) is 1. The van der Waals surface area contributed by atoms with Crippen LogP contribution in [0.4, 0.5) is 5.95 Å². The molecule has 0 fully saturated rings. The van der Waals surface area contributed by atoms with Crippen LogP contribution < -0.4 is 5.32 Å². The zero-order chi connectivity index (χ0) is 19.0. The highest BCUT2D eigenvalue weighted by molar-refractivity contribution is 7.98. The molecule has 3 aromatic rings. The Morgan fingerprint density at radius 2 is 2.15 bits per heavy atom. The molecule has 1 atom stereocenters. The van der Waals surface area contributed by atoms with E-state index in [1.807, 2.05) is 53.4 Å². The molecule has 1 unspecified atom stereocenters. The number of aromatic nitrogens is 3. The van der Waals surface area contributed by atoms with Gasteiger partial charge in [0.15, 0.2) is 5.78 Å². The van der Waals surface area contributed by atoms with Crippen molar-refractivity contribution >= 4 is 46.4 Å². The second kappa shape index (κ2) is 7.50. The summed E-state index contributed by atoms with van der Waals surface area (Å²) in [7, 11) is 0. The Labute approximate surface area is 170 Å². The molecule has 3 heterocycles. The molecule has 0 amide bonds. The summed E-state index contributed by atoms with van der Waals surface area (Å²) in [6.45, 7) is 3.50. The van der Waals surface area contributed by atoms with E-state index in [0.717, 1.165) is 26.7 Å². The van der Waals surface area contributed by atoms with Crippen LogP contribution in [-0.4, -0.2) is 20.5 Å². The minimum atomic E-state index is -0.249. The number of carbonyl (C=O) groups is 1. The highest BCUT2D eigenvalue weighted by Crippen LogP contribution is 2.38. The van der Waals surface area contributed by atoms with Gasteiger partial charge in [0.2, 0.25) is 11.1 Å². The number of hydrogen-bond acceptors (Lipinski definition) is 6. The van der Waals surface area contributed by atoms with Gasteiger partial charge in [-0.25, -0.2) is 4.68 Å². The van der Waals surface area contributed by atoms with Crippen LogP contribution in [0.1, 0.15) is 30.3 Å². The molecule has 0 spiro atoms. The number of thiophene rings is 1. The first kappa shape index (κ1) is 18.3. The fourth-order valence-corrected chi connectivity index (χ4v) is 5.05. The van der Waals surface area contributed by atoms with E-state index in [-0.39, 0.29) is 11.8 Å². The van der Waals surface area contributed by atoms with E-state index in [1.54, 1.807) is 18.3 Å². The molecule has 5 nitrogen and oxygen atoms in total. The molecule has 0 saturated carbocycles. The molecule has 1 aromatic carbocycles. The normalized spacial score (nSPS) is 16.2. The maximum Gasteiger partial charge on any atom is 0.227 e. The molecular weight excluding hydrogens is 400 g/mol. The molecule has 8 heteroatoms. The summed E-state index contributed by atoms with van der Waals surface area (Å²) < 4.78 is 1.81. The van der Waals surface area contributed by atoms with E-state index < -0.39 is 0 Å². The van der Waals surface area contributed by atoms with Gasteiger partial charge in [0.1, 0.15) is 6.04 Å². The average molecular weight is 417 g/mol. The van der Waals surface area contributed by atoms with Gasteiger partial charge >= 0.3 is 0 Å². The molecule has 4 rings (SSSR count). The molecular formula is C19H17ClN4OS2. The predicted molar refractivity (Wildman–Crippen MR) is 110 cm³/mol. The molecule has 0 saturated heterocycles. The predicted octanol–water partition coefficient (Wildman–Crippen LogP) is 5.16. The van der Waals surface area contributed by atoms with Crippen molar-refractivity contribution < 1.29 is 4.79 Å². The van der Waals surface area contributed by atoms with Gasteiger partial charge in [0.25, 0.3) is 0 Å². The van der Waals surface area contributed by atoms with Crippen LogP contribution in [0.15, 0.2) is 58.2 Å². The van der Waals surface area contributed by atoms with Crippen LogP contribution in [0.3, 0.4) is 0 Å². The van der Waals surface area contributed by atoms with Crippen molar-refractivity contribution in [2.75, 3.05) is 5.32 Å². The van der Waals surface area contributed by atoms with E-state index in [9.17, 15) is 4.79 Å². The first-order chi connectivity index (χ1) is 13.0. The van der Waals surface area contributed by atoms with E-state index in [1.165, 1.54) is 11.8 Å². The van der Waals surface area contributed by atoms with Crippen molar-refractivity contribution in [2.45, 2.75) is 30.8 Å². The lowest BCUT2D eigenvalue weighted by atomic mass is 9.98. The zero-order valence-electron chi connectivity index (χ0n) is 14.8. The summed E-state index contributed by atoms with van der Waals surface area (Å²) in [4.78, 5) is 18.0. The molecule has 1 aliphatic heterocycles. The minimum Gasteiger partial charge on any atom is -0.328 e. The second-order valence-corrected chi connectivity index (χ2v) is 8.51. The molecule has 0 radical (unpaired) electrons. The van der Waals surface area contributed by atoms with Gasteiger partial charge in [-0.1, -0.05) is 47.6 Å². The van der Waals surface area contributed by atoms with Crippen LogP contribution in [0, 0.1) is 0 Å². The molecule has 27 heavy (non-hydrogen) atoms. The fraction of sp³-hybridized carbons (Fsp3) is 0.211. The Morgan fingerprint density at radius 1 is 1.33 bits per heavy atom. The lowest BCUT2D eigenvalue weighted by Gasteiger charge is -2.26. The molecule has 138 valence electrons. The molecule has 1 N–H and O–H groups in total. The van der Waals surface area contributed by atoms with E-state index in [4.69, 9.17) is 11.6 Å². The second-order valence-electron chi connectivity index (χ2n) is 6.18. The van der Waals surface area contributed by atoms with Gasteiger partial charge in [0, 0.05) is 26.9 Å². The van der Waals surface area contributed by atoms with Crippen LogP contribution in [0.2, 0.25) is 5.02 Å². The smallest absolute Gasteiger partial charge is 0.227 e. The summed E-state index contributed by atoms with van der Waals surface area (Å²) in [6, 6.07) is 11.5. The standard InChI is InChI=1S/C19H17ClN4OS2/c1-11-16(12(2)25)17(15-8-5-9-26-15)24-18(21-11)22-19(23-24)27-10-13-6-3-4-7-14(13)20/h3-9,17H,10H2,1-2H3,(H,21,22,23). The maximum atomic E-state index is 12.3. The Hall–Kier alpha value is -2.09. The number of halogens is 1. The van der Waals surface area contributed by atoms with Gasteiger partial charge in [-0.3, -0.25) is 4.79 Å². The van der Waals surface area contributed by atoms with E-state index in [0.29, 0.717) is 16.9 Å². The number of rotatable bonds is 5. The van der Waals surface area contributed by atoms with Crippen LogP contribution in [-0.2, 0) is 10.5 Å². The summed E-state index contributed by atoms with van der Waals surface area (Å²) in [5.41, 5.74) is 2.58. The summed E-state index contributed by atoms with van der Waals surface area (Å²) >= 11 is 9.38. The van der Waals surface area contributed by atoms with Gasteiger partial charge in [-0.2, -0.15) is 4.98 Å². The number of thioether (sulfide) groups is 1.